The summed E-state index contributed by atoms with van der Waals surface area (Å²) in [7, 11) is 0. The largest absolute Gasteiger partial charge is 0.416 e. The third kappa shape index (κ3) is 3.98. The van der Waals surface area contributed by atoms with E-state index in [0.717, 1.165) is 18.2 Å². The zero-order valence-corrected chi connectivity index (χ0v) is 12.7. The van der Waals surface area contributed by atoms with Gasteiger partial charge in [0.05, 0.1) is 11.6 Å². The molecule has 1 atom stereocenters. The molecular weight excluding hydrogens is 330 g/mol. The lowest BCUT2D eigenvalue weighted by Crippen LogP contribution is -2.29. The summed E-state index contributed by atoms with van der Waals surface area (Å²) in [4.78, 5) is 29.6. The highest BCUT2D eigenvalue weighted by Crippen LogP contribution is 2.31. The van der Waals surface area contributed by atoms with Gasteiger partial charge in [-0.1, -0.05) is 6.07 Å². The number of aryl methyl sites for hydroxylation is 1. The first-order valence-corrected chi connectivity index (χ1v) is 6.83. The Balaban J connectivity index is 2.22. The number of nitrogens with one attached hydrogen (secondary N) is 2. The highest BCUT2D eigenvalue weighted by atomic mass is 19.4. The van der Waals surface area contributed by atoms with Gasteiger partial charge in [0, 0.05) is 11.6 Å². The Kier molecular flexibility index (Phi) is 4.72. The van der Waals surface area contributed by atoms with Crippen molar-refractivity contribution in [3.05, 3.63) is 63.1 Å². The number of aromatic nitrogens is 2. The maximum Gasteiger partial charge on any atom is 0.416 e. The molecule has 0 unspecified atom stereocenters. The predicted molar refractivity (Wildman–Crippen MR) is 76.9 cm³/mol. The smallest absolute Gasteiger partial charge is 0.344 e. The average Bonchev–Trinajstić information content (AvgIpc) is 2.44. The van der Waals surface area contributed by atoms with Gasteiger partial charge in [-0.15, -0.1) is 0 Å². The third-order valence-corrected chi connectivity index (χ3v) is 3.23. The molecule has 128 valence electrons. The van der Waals surface area contributed by atoms with Crippen molar-refractivity contribution >= 4 is 5.91 Å². The van der Waals surface area contributed by atoms with E-state index in [1.54, 1.807) is 0 Å². The van der Waals surface area contributed by atoms with Crippen LogP contribution in [-0.4, -0.2) is 15.9 Å². The van der Waals surface area contributed by atoms with Gasteiger partial charge < -0.3 is 10.3 Å². The average molecular weight is 343 g/mol. The predicted octanol–water partition coefficient (Wildman–Crippen LogP) is 2.73. The van der Waals surface area contributed by atoms with Crippen molar-refractivity contribution in [3.63, 3.8) is 0 Å². The van der Waals surface area contributed by atoms with Gasteiger partial charge in [0.2, 0.25) is 0 Å². The number of aromatic amines is 1. The molecule has 0 radical (unpaired) electrons. The zero-order valence-electron chi connectivity index (χ0n) is 12.7. The van der Waals surface area contributed by atoms with E-state index in [0.29, 0.717) is 6.07 Å². The summed E-state index contributed by atoms with van der Waals surface area (Å²) >= 11 is 0. The number of amides is 1. The van der Waals surface area contributed by atoms with E-state index in [-0.39, 0.29) is 17.1 Å². The number of rotatable bonds is 3. The first kappa shape index (κ1) is 17.6. The van der Waals surface area contributed by atoms with Crippen molar-refractivity contribution in [2.75, 3.05) is 0 Å². The molecule has 2 aromatic rings. The molecule has 1 aromatic heterocycles. The summed E-state index contributed by atoms with van der Waals surface area (Å²) in [6.45, 7) is 2.89. The van der Waals surface area contributed by atoms with E-state index >= 15 is 0 Å². The number of hydrogen-bond donors (Lipinski definition) is 2. The highest BCUT2D eigenvalue weighted by Gasteiger charge is 2.31. The molecule has 0 saturated carbocycles. The van der Waals surface area contributed by atoms with Crippen molar-refractivity contribution in [2.24, 2.45) is 0 Å². The number of alkyl halides is 3. The van der Waals surface area contributed by atoms with Crippen LogP contribution < -0.4 is 10.9 Å². The molecule has 0 saturated heterocycles. The fourth-order valence-corrected chi connectivity index (χ4v) is 2.10. The van der Waals surface area contributed by atoms with Crippen LogP contribution in [0, 0.1) is 12.7 Å². The molecule has 5 nitrogen and oxygen atoms in total. The van der Waals surface area contributed by atoms with Gasteiger partial charge in [0.1, 0.15) is 17.3 Å². The van der Waals surface area contributed by atoms with Gasteiger partial charge >= 0.3 is 6.18 Å². The van der Waals surface area contributed by atoms with E-state index in [9.17, 15) is 27.2 Å². The van der Waals surface area contributed by atoms with Crippen LogP contribution in [0.4, 0.5) is 17.6 Å². The molecule has 24 heavy (non-hydrogen) atoms. The Morgan fingerprint density at radius 1 is 1.29 bits per heavy atom. The number of hydrogen-bond acceptors (Lipinski definition) is 3. The van der Waals surface area contributed by atoms with E-state index in [2.05, 4.69) is 15.3 Å². The van der Waals surface area contributed by atoms with Crippen molar-refractivity contribution in [1.29, 1.82) is 0 Å². The van der Waals surface area contributed by atoms with Crippen molar-refractivity contribution < 1.29 is 22.4 Å². The lowest BCUT2D eigenvalue weighted by Gasteiger charge is -2.16. The normalized spacial score (nSPS) is 12.8. The summed E-state index contributed by atoms with van der Waals surface area (Å²) < 4.78 is 51.5. The minimum Gasteiger partial charge on any atom is -0.344 e. The number of carbonyl (C=O) groups excluding carboxylic acids is 1. The lowest BCUT2D eigenvalue weighted by molar-refractivity contribution is -0.137. The van der Waals surface area contributed by atoms with Crippen molar-refractivity contribution in [3.8, 4) is 0 Å². The molecule has 2 rings (SSSR count). The van der Waals surface area contributed by atoms with E-state index in [1.807, 2.05) is 0 Å². The minimum atomic E-state index is -4.65. The first-order chi connectivity index (χ1) is 11.1. The number of halogens is 4. The maximum atomic E-state index is 13.9. The molecule has 2 N–H and O–H groups in total. The maximum absolute atomic E-state index is 13.9. The Morgan fingerprint density at radius 2 is 1.96 bits per heavy atom. The van der Waals surface area contributed by atoms with E-state index in [4.69, 9.17) is 0 Å². The summed E-state index contributed by atoms with van der Waals surface area (Å²) in [5.41, 5.74) is -1.93. The Hall–Kier alpha value is -2.71. The Bertz CT molecular complexity index is 830. The Morgan fingerprint density at radius 3 is 2.50 bits per heavy atom. The molecule has 1 heterocycles. The molecule has 0 bridgehead atoms. The Labute approximate surface area is 133 Å². The summed E-state index contributed by atoms with van der Waals surface area (Å²) in [6, 6.07) is 2.11. The number of H-pyrrole nitrogens is 1. The van der Waals surface area contributed by atoms with Crippen LogP contribution in [0.3, 0.4) is 0 Å². The van der Waals surface area contributed by atoms with Crippen LogP contribution in [0.1, 0.15) is 40.4 Å². The zero-order chi connectivity index (χ0) is 18.1. The van der Waals surface area contributed by atoms with Crippen LogP contribution in [0.2, 0.25) is 0 Å². The molecule has 0 aliphatic rings. The second kappa shape index (κ2) is 6.42. The van der Waals surface area contributed by atoms with Crippen LogP contribution >= 0.6 is 0 Å². The number of carbonyl (C=O) groups is 1. The molecule has 0 aliphatic heterocycles. The minimum absolute atomic E-state index is 0.113. The number of nitrogens with zero attached hydrogens (tertiary/aromatic N) is 1. The lowest BCUT2D eigenvalue weighted by atomic mass is 10.0. The van der Waals surface area contributed by atoms with Crippen LogP contribution in [0.25, 0.3) is 0 Å². The van der Waals surface area contributed by atoms with Crippen LogP contribution in [0.5, 0.6) is 0 Å². The quantitative estimate of drug-likeness (QED) is 0.842. The SMILES string of the molecule is Cc1nc(C(=O)N[C@H](C)c2ccc(C(F)(F)F)cc2F)cc(=O)[nH]1. The van der Waals surface area contributed by atoms with Crippen molar-refractivity contribution in [2.45, 2.75) is 26.1 Å². The van der Waals surface area contributed by atoms with Crippen molar-refractivity contribution in [1.82, 2.24) is 15.3 Å². The second-order valence-corrected chi connectivity index (χ2v) is 5.15. The van der Waals surface area contributed by atoms with Gasteiger partial charge in [-0.25, -0.2) is 9.37 Å². The monoisotopic (exact) mass is 343 g/mol. The van der Waals surface area contributed by atoms with Crippen LogP contribution in [0.15, 0.2) is 29.1 Å². The van der Waals surface area contributed by atoms with Gasteiger partial charge in [0.25, 0.3) is 11.5 Å². The topological polar surface area (TPSA) is 74.8 Å². The molecule has 0 aliphatic carbocycles. The molecule has 1 aromatic carbocycles. The van der Waals surface area contributed by atoms with E-state index in [1.165, 1.54) is 13.8 Å². The molecular formula is C15H13F4N3O2. The summed E-state index contributed by atoms with van der Waals surface area (Å²) in [6.07, 6.45) is -4.65. The summed E-state index contributed by atoms with van der Waals surface area (Å²) in [5, 5.41) is 2.39. The van der Waals surface area contributed by atoms with Gasteiger partial charge in [0.15, 0.2) is 0 Å². The fraction of sp³-hybridized carbons (Fsp3) is 0.267. The number of benzene rings is 1. The van der Waals surface area contributed by atoms with Gasteiger partial charge in [-0.3, -0.25) is 9.59 Å². The third-order valence-electron chi connectivity index (χ3n) is 3.23. The standard InChI is InChI=1S/C15H13F4N3O2/c1-7(10-4-3-9(5-11(10)16)15(17,18)19)20-14(24)12-6-13(23)22-8(2)21-12/h3-7H,1-2H3,(H,20,24)(H,21,22,23)/t7-/m1/s1. The fourth-order valence-electron chi connectivity index (χ4n) is 2.10. The van der Waals surface area contributed by atoms with Gasteiger partial charge in [-0.2, -0.15) is 13.2 Å². The molecule has 0 spiro atoms. The highest BCUT2D eigenvalue weighted by molar-refractivity contribution is 5.92. The second-order valence-electron chi connectivity index (χ2n) is 5.15. The van der Waals surface area contributed by atoms with Gasteiger partial charge in [-0.05, 0) is 26.0 Å². The van der Waals surface area contributed by atoms with Crippen LogP contribution in [-0.2, 0) is 6.18 Å². The molecule has 9 heteroatoms. The van der Waals surface area contributed by atoms with E-state index < -0.39 is 35.1 Å². The summed E-state index contributed by atoms with van der Waals surface area (Å²) in [5.74, 6) is -1.61. The molecule has 1 amide bonds. The molecule has 0 fully saturated rings. The first-order valence-electron chi connectivity index (χ1n) is 6.83.